The fourth-order valence-corrected chi connectivity index (χ4v) is 2.62. The molecule has 3 nitrogen and oxygen atoms in total. The highest BCUT2D eigenvalue weighted by molar-refractivity contribution is 5.99. The number of benzene rings is 2. The van der Waals surface area contributed by atoms with Gasteiger partial charge in [-0.25, -0.2) is 4.79 Å². The summed E-state index contributed by atoms with van der Waals surface area (Å²) in [6.07, 6.45) is 0. The van der Waals surface area contributed by atoms with Gasteiger partial charge in [0.2, 0.25) is 0 Å². The van der Waals surface area contributed by atoms with Crippen molar-refractivity contribution >= 4 is 16.7 Å². The van der Waals surface area contributed by atoms with Gasteiger partial charge in [0.15, 0.2) is 0 Å². The maximum atomic E-state index is 11.3. The monoisotopic (exact) mass is 300 g/mol. The van der Waals surface area contributed by atoms with Crippen molar-refractivity contribution < 1.29 is 15.0 Å². The van der Waals surface area contributed by atoms with Gasteiger partial charge in [-0.15, -0.1) is 0 Å². The van der Waals surface area contributed by atoms with Crippen molar-refractivity contribution in [2.45, 2.75) is 52.4 Å². The van der Waals surface area contributed by atoms with Gasteiger partial charge < -0.3 is 10.2 Å². The van der Waals surface area contributed by atoms with Gasteiger partial charge in [-0.2, -0.15) is 0 Å². The van der Waals surface area contributed by atoms with Crippen molar-refractivity contribution in [2.75, 3.05) is 0 Å². The van der Waals surface area contributed by atoms with Crippen LogP contribution in [0.25, 0.3) is 10.8 Å². The molecule has 118 valence electrons. The molecule has 22 heavy (non-hydrogen) atoms. The highest BCUT2D eigenvalue weighted by Gasteiger charge is 2.23. The summed E-state index contributed by atoms with van der Waals surface area (Å²) in [5, 5.41) is 21.0. The molecule has 2 aromatic carbocycles. The van der Waals surface area contributed by atoms with Crippen LogP contribution in [0.15, 0.2) is 24.3 Å². The van der Waals surface area contributed by atoms with E-state index in [1.54, 1.807) is 12.1 Å². The smallest absolute Gasteiger partial charge is 0.339 e. The molecule has 2 rings (SSSR count). The van der Waals surface area contributed by atoms with Crippen LogP contribution in [0, 0.1) is 0 Å². The number of phenols is 1. The number of rotatable bonds is 1. The van der Waals surface area contributed by atoms with Gasteiger partial charge >= 0.3 is 5.97 Å². The van der Waals surface area contributed by atoms with Crippen molar-refractivity contribution in [1.29, 1.82) is 0 Å². The van der Waals surface area contributed by atoms with Crippen molar-refractivity contribution in [2.24, 2.45) is 0 Å². The molecule has 0 saturated heterocycles. The number of carboxylic acids is 1. The Morgan fingerprint density at radius 3 is 1.95 bits per heavy atom. The zero-order valence-electron chi connectivity index (χ0n) is 14.1. The molecule has 0 bridgehead atoms. The minimum atomic E-state index is -1.11. The molecule has 0 aliphatic rings. The summed E-state index contributed by atoms with van der Waals surface area (Å²) in [4.78, 5) is 11.3. The molecule has 2 N–H and O–H groups in total. The number of aromatic hydroxyl groups is 1. The average Bonchev–Trinajstić information content (AvgIpc) is 2.33. The van der Waals surface area contributed by atoms with E-state index in [2.05, 4.69) is 47.6 Å². The lowest BCUT2D eigenvalue weighted by atomic mass is 9.78. The Morgan fingerprint density at radius 1 is 0.909 bits per heavy atom. The zero-order valence-corrected chi connectivity index (χ0v) is 14.1. The molecule has 0 fully saturated rings. The first-order chi connectivity index (χ1) is 9.91. The molecule has 3 heteroatoms. The highest BCUT2D eigenvalue weighted by atomic mass is 16.4. The third-order valence-corrected chi connectivity index (χ3v) is 3.97. The summed E-state index contributed by atoms with van der Waals surface area (Å²) in [7, 11) is 0. The Bertz CT molecular complexity index is 744. The quantitative estimate of drug-likeness (QED) is 0.792. The maximum Gasteiger partial charge on any atom is 0.339 e. The van der Waals surface area contributed by atoms with E-state index >= 15 is 0 Å². The molecular formula is C19H24O3. The predicted octanol–water partition coefficient (Wildman–Crippen LogP) is 4.84. The summed E-state index contributed by atoms with van der Waals surface area (Å²) >= 11 is 0. The molecule has 0 radical (unpaired) electrons. The van der Waals surface area contributed by atoms with Crippen LogP contribution in [0.5, 0.6) is 5.75 Å². The van der Waals surface area contributed by atoms with E-state index < -0.39 is 5.97 Å². The number of aromatic carboxylic acids is 1. The normalized spacial score (nSPS) is 12.6. The van der Waals surface area contributed by atoms with E-state index in [-0.39, 0.29) is 22.1 Å². The van der Waals surface area contributed by atoms with E-state index in [1.165, 1.54) is 0 Å². The molecule has 0 heterocycles. The lowest BCUT2D eigenvalue weighted by Crippen LogP contribution is -2.17. The van der Waals surface area contributed by atoms with Crippen LogP contribution in [-0.2, 0) is 10.8 Å². The Kier molecular flexibility index (Phi) is 3.72. The lowest BCUT2D eigenvalue weighted by Gasteiger charge is -2.27. The minimum Gasteiger partial charge on any atom is -0.507 e. The van der Waals surface area contributed by atoms with Gasteiger partial charge in [0.25, 0.3) is 0 Å². The van der Waals surface area contributed by atoms with Crippen molar-refractivity contribution in [1.82, 2.24) is 0 Å². The molecule has 0 aliphatic heterocycles. The SMILES string of the molecule is CC(C)(C)c1cc(C(C)(C)C)c2cc(O)c(C(=O)O)cc2c1. The first-order valence-electron chi connectivity index (χ1n) is 7.46. The third kappa shape index (κ3) is 2.94. The summed E-state index contributed by atoms with van der Waals surface area (Å²) in [5.74, 6) is -1.30. The summed E-state index contributed by atoms with van der Waals surface area (Å²) in [6.45, 7) is 12.8. The Balaban J connectivity index is 2.92. The van der Waals surface area contributed by atoms with Gasteiger partial charge in [0.1, 0.15) is 11.3 Å². The van der Waals surface area contributed by atoms with Gasteiger partial charge in [-0.3, -0.25) is 0 Å². The number of carbonyl (C=O) groups is 1. The number of hydrogen-bond donors (Lipinski definition) is 2. The highest BCUT2D eigenvalue weighted by Crippen LogP contribution is 2.37. The predicted molar refractivity (Wildman–Crippen MR) is 90.0 cm³/mol. The second-order valence-electron chi connectivity index (χ2n) is 7.92. The van der Waals surface area contributed by atoms with E-state index in [4.69, 9.17) is 0 Å². The van der Waals surface area contributed by atoms with Crippen LogP contribution in [0.4, 0.5) is 0 Å². The largest absolute Gasteiger partial charge is 0.507 e. The van der Waals surface area contributed by atoms with Crippen LogP contribution in [0.2, 0.25) is 0 Å². The molecule has 0 aromatic heterocycles. The summed E-state index contributed by atoms with van der Waals surface area (Å²) < 4.78 is 0. The van der Waals surface area contributed by atoms with Gasteiger partial charge in [0, 0.05) is 0 Å². The molecule has 2 aromatic rings. The molecular weight excluding hydrogens is 276 g/mol. The molecule has 0 spiro atoms. The van der Waals surface area contributed by atoms with Crippen molar-refractivity contribution in [3.63, 3.8) is 0 Å². The first kappa shape index (κ1) is 16.3. The van der Waals surface area contributed by atoms with E-state index in [0.717, 1.165) is 21.9 Å². The van der Waals surface area contributed by atoms with Crippen LogP contribution in [-0.4, -0.2) is 16.2 Å². The van der Waals surface area contributed by atoms with E-state index in [9.17, 15) is 15.0 Å². The molecule has 0 aliphatic carbocycles. The van der Waals surface area contributed by atoms with Crippen LogP contribution >= 0.6 is 0 Å². The zero-order chi connectivity index (χ0) is 16.9. The molecule has 0 unspecified atom stereocenters. The molecule has 0 saturated carbocycles. The Hall–Kier alpha value is -2.03. The topological polar surface area (TPSA) is 57.5 Å². The number of carboxylic acid groups (broad SMARTS) is 1. The first-order valence-corrected chi connectivity index (χ1v) is 7.46. The van der Waals surface area contributed by atoms with Crippen LogP contribution < -0.4 is 0 Å². The van der Waals surface area contributed by atoms with Gasteiger partial charge in [-0.1, -0.05) is 53.7 Å². The Labute approximate surface area is 131 Å². The average molecular weight is 300 g/mol. The fourth-order valence-electron chi connectivity index (χ4n) is 2.62. The lowest BCUT2D eigenvalue weighted by molar-refractivity contribution is 0.0694. The maximum absolute atomic E-state index is 11.3. The summed E-state index contributed by atoms with van der Waals surface area (Å²) in [6, 6.07) is 7.34. The second kappa shape index (κ2) is 5.01. The van der Waals surface area contributed by atoms with Crippen molar-refractivity contribution in [3.8, 4) is 5.75 Å². The van der Waals surface area contributed by atoms with Crippen molar-refractivity contribution in [3.05, 3.63) is 41.0 Å². The molecule has 0 atom stereocenters. The third-order valence-electron chi connectivity index (χ3n) is 3.97. The molecule has 0 amide bonds. The summed E-state index contributed by atoms with van der Waals surface area (Å²) in [5.41, 5.74) is 2.08. The minimum absolute atomic E-state index is 0.0323. The van der Waals surface area contributed by atoms with Gasteiger partial charge in [-0.05, 0) is 44.9 Å². The van der Waals surface area contributed by atoms with Crippen LogP contribution in [0.1, 0.15) is 63.0 Å². The van der Waals surface area contributed by atoms with E-state index in [1.807, 2.05) is 6.07 Å². The fraction of sp³-hybridized carbons (Fsp3) is 0.421. The number of hydrogen-bond acceptors (Lipinski definition) is 2. The standard InChI is InChI=1S/C19H24O3/c1-18(2,3)12-7-11-8-14(17(21)22)16(20)10-13(11)15(9-12)19(4,5)6/h7-10,20H,1-6H3,(H,21,22). The second-order valence-corrected chi connectivity index (χ2v) is 7.92. The van der Waals surface area contributed by atoms with Crippen LogP contribution in [0.3, 0.4) is 0 Å². The Morgan fingerprint density at radius 2 is 1.50 bits per heavy atom. The van der Waals surface area contributed by atoms with E-state index in [0.29, 0.717) is 0 Å². The number of fused-ring (bicyclic) bond motifs is 1. The van der Waals surface area contributed by atoms with Gasteiger partial charge in [0.05, 0.1) is 0 Å².